The van der Waals surface area contributed by atoms with Gasteiger partial charge in [-0.05, 0) is 12.1 Å². The largest absolute Gasteiger partial charge is 0.506 e. The number of halogens is 1. The fraction of sp³-hybridized carbons (Fsp3) is 0. The number of allylic oxidation sites excluding steroid dienone is 1. The van der Waals surface area contributed by atoms with E-state index in [1.54, 1.807) is 36.4 Å². The van der Waals surface area contributed by atoms with Crippen LogP contribution in [0, 0.1) is 0 Å². The van der Waals surface area contributed by atoms with Crippen LogP contribution in [0.5, 0.6) is 0 Å². The summed E-state index contributed by atoms with van der Waals surface area (Å²) in [7, 11) is 0. The molecule has 3 aromatic carbocycles. The minimum Gasteiger partial charge on any atom is -0.506 e. The van der Waals surface area contributed by atoms with Crippen LogP contribution >= 0.6 is 11.6 Å². The number of hydrogen-bond donors (Lipinski definition) is 1. The Labute approximate surface area is 155 Å². The van der Waals surface area contributed by atoms with Crippen molar-refractivity contribution in [2.75, 3.05) is 0 Å². The molecule has 0 fully saturated rings. The number of Topliss-reactive ketones (excluding diaryl/α,β-unsaturated/α-hetero) is 1. The van der Waals surface area contributed by atoms with Crippen molar-refractivity contribution in [1.82, 2.24) is 0 Å². The van der Waals surface area contributed by atoms with Gasteiger partial charge in [0.2, 0.25) is 0 Å². The van der Waals surface area contributed by atoms with Crippen LogP contribution in [0.15, 0.2) is 89.4 Å². The summed E-state index contributed by atoms with van der Waals surface area (Å²) in [5, 5.41) is 11.2. The summed E-state index contributed by atoms with van der Waals surface area (Å²) in [6.45, 7) is 0. The first-order valence-electron chi connectivity index (χ1n) is 8.13. The molecule has 0 bridgehead atoms. The molecule has 126 valence electrons. The summed E-state index contributed by atoms with van der Waals surface area (Å²) in [5.41, 5.74) is 2.86. The predicted octanol–water partition coefficient (Wildman–Crippen LogP) is 5.63. The van der Waals surface area contributed by atoms with E-state index >= 15 is 0 Å². The second-order valence-corrected chi connectivity index (χ2v) is 6.28. The van der Waals surface area contributed by atoms with Crippen molar-refractivity contribution in [1.29, 1.82) is 0 Å². The highest BCUT2D eigenvalue weighted by Crippen LogP contribution is 2.35. The zero-order valence-electron chi connectivity index (χ0n) is 13.7. The maximum atomic E-state index is 13.0. The lowest BCUT2D eigenvalue weighted by atomic mass is 9.99. The molecule has 0 saturated carbocycles. The van der Waals surface area contributed by atoms with E-state index in [1.807, 2.05) is 42.5 Å². The number of aliphatic hydroxyl groups excluding tert-OH is 1. The average Bonchev–Trinajstić information content (AvgIpc) is 2.93. The average molecular weight is 360 g/mol. The van der Waals surface area contributed by atoms with E-state index in [0.717, 1.165) is 5.56 Å². The van der Waals surface area contributed by atoms with Crippen LogP contribution in [0.25, 0.3) is 5.76 Å². The second-order valence-electron chi connectivity index (χ2n) is 5.88. The first-order valence-corrected chi connectivity index (χ1v) is 8.51. The zero-order valence-corrected chi connectivity index (χ0v) is 14.4. The van der Waals surface area contributed by atoms with Crippen LogP contribution < -0.4 is 0 Å². The van der Waals surface area contributed by atoms with Crippen LogP contribution in [-0.4, -0.2) is 16.6 Å². The fourth-order valence-corrected chi connectivity index (χ4v) is 3.19. The Kier molecular flexibility index (Phi) is 4.15. The molecule has 0 heterocycles. The number of ketones is 1. The molecule has 0 amide bonds. The van der Waals surface area contributed by atoms with E-state index in [1.165, 1.54) is 0 Å². The van der Waals surface area contributed by atoms with Crippen molar-refractivity contribution in [3.63, 3.8) is 0 Å². The lowest BCUT2D eigenvalue weighted by Gasteiger charge is -2.09. The van der Waals surface area contributed by atoms with Gasteiger partial charge in [0.05, 0.1) is 22.0 Å². The first kappa shape index (κ1) is 16.3. The molecule has 0 atom stereocenters. The van der Waals surface area contributed by atoms with Gasteiger partial charge in [0, 0.05) is 16.7 Å². The van der Waals surface area contributed by atoms with Gasteiger partial charge in [-0.2, -0.15) is 0 Å². The molecule has 0 aliphatic heterocycles. The van der Waals surface area contributed by atoms with Crippen molar-refractivity contribution < 1.29 is 9.90 Å². The monoisotopic (exact) mass is 359 g/mol. The lowest BCUT2D eigenvalue weighted by molar-refractivity contribution is 0.104. The number of aliphatic imine (C=N–C) groups is 1. The van der Waals surface area contributed by atoms with Gasteiger partial charge in [-0.1, -0.05) is 78.3 Å². The molecule has 3 nitrogen and oxygen atoms in total. The topological polar surface area (TPSA) is 49.7 Å². The molecule has 3 aromatic rings. The molecule has 1 aliphatic carbocycles. The van der Waals surface area contributed by atoms with E-state index in [0.29, 0.717) is 27.5 Å². The summed E-state index contributed by atoms with van der Waals surface area (Å²) in [6, 6.07) is 23.5. The second kappa shape index (κ2) is 6.62. The first-order chi connectivity index (χ1) is 12.7. The summed E-state index contributed by atoms with van der Waals surface area (Å²) in [4.78, 5) is 17.6. The molecule has 0 spiro atoms. The SMILES string of the molecule is O=C1C(C(=Nc2ccccc2Cl)c2ccccc2)=C(O)c2ccccc21. The van der Waals surface area contributed by atoms with Crippen molar-refractivity contribution in [3.8, 4) is 0 Å². The minimum atomic E-state index is -0.243. The molecular formula is C22H14ClNO2. The molecule has 26 heavy (non-hydrogen) atoms. The number of rotatable bonds is 3. The quantitative estimate of drug-likeness (QED) is 0.616. The lowest BCUT2D eigenvalue weighted by Crippen LogP contribution is -2.12. The van der Waals surface area contributed by atoms with Crippen LogP contribution in [0.4, 0.5) is 5.69 Å². The molecule has 4 heteroatoms. The van der Waals surface area contributed by atoms with Gasteiger partial charge in [0.1, 0.15) is 5.76 Å². The molecule has 0 saturated heterocycles. The highest BCUT2D eigenvalue weighted by atomic mass is 35.5. The maximum absolute atomic E-state index is 13.0. The number of carbonyl (C=O) groups is 1. The standard InChI is InChI=1S/C22H14ClNO2/c23-17-12-6-7-13-18(17)24-20(14-8-2-1-3-9-14)19-21(25)15-10-4-5-11-16(15)22(19)26/h1-13,25H. The molecule has 0 radical (unpaired) electrons. The summed E-state index contributed by atoms with van der Waals surface area (Å²) in [5.74, 6) is -0.298. The van der Waals surface area contributed by atoms with Crippen LogP contribution in [0.3, 0.4) is 0 Å². The van der Waals surface area contributed by atoms with E-state index in [2.05, 4.69) is 4.99 Å². The Hall–Kier alpha value is -3.17. The molecule has 0 aromatic heterocycles. The highest BCUT2D eigenvalue weighted by molar-refractivity contribution is 6.40. The molecular weight excluding hydrogens is 346 g/mol. The van der Waals surface area contributed by atoms with Gasteiger partial charge in [0.25, 0.3) is 0 Å². The van der Waals surface area contributed by atoms with Crippen molar-refractivity contribution in [2.45, 2.75) is 0 Å². The Morgan fingerprint density at radius 1 is 0.808 bits per heavy atom. The Bertz CT molecular complexity index is 1070. The zero-order chi connectivity index (χ0) is 18.1. The Morgan fingerprint density at radius 3 is 2.12 bits per heavy atom. The molecule has 1 aliphatic rings. The third-order valence-electron chi connectivity index (χ3n) is 4.26. The minimum absolute atomic E-state index is 0.0553. The van der Waals surface area contributed by atoms with E-state index in [-0.39, 0.29) is 17.1 Å². The van der Waals surface area contributed by atoms with Gasteiger partial charge < -0.3 is 5.11 Å². The molecule has 1 N–H and O–H groups in total. The van der Waals surface area contributed by atoms with Crippen molar-refractivity contribution >= 4 is 34.5 Å². The third-order valence-corrected chi connectivity index (χ3v) is 4.58. The Morgan fingerprint density at radius 2 is 1.42 bits per heavy atom. The molecule has 0 unspecified atom stereocenters. The van der Waals surface area contributed by atoms with Gasteiger partial charge in [-0.3, -0.25) is 4.79 Å². The number of carbonyl (C=O) groups excluding carboxylic acids is 1. The smallest absolute Gasteiger partial charge is 0.199 e. The van der Waals surface area contributed by atoms with Crippen LogP contribution in [-0.2, 0) is 0 Å². The Balaban J connectivity index is 1.95. The van der Waals surface area contributed by atoms with E-state index in [4.69, 9.17) is 11.6 Å². The summed E-state index contributed by atoms with van der Waals surface area (Å²) >= 11 is 6.25. The highest BCUT2D eigenvalue weighted by Gasteiger charge is 2.33. The van der Waals surface area contributed by atoms with E-state index < -0.39 is 0 Å². The van der Waals surface area contributed by atoms with Crippen molar-refractivity contribution in [3.05, 3.63) is 106 Å². The number of hydrogen-bond acceptors (Lipinski definition) is 3. The number of para-hydroxylation sites is 1. The number of benzene rings is 3. The van der Waals surface area contributed by atoms with E-state index in [9.17, 15) is 9.90 Å². The predicted molar refractivity (Wildman–Crippen MR) is 104 cm³/mol. The van der Waals surface area contributed by atoms with Crippen LogP contribution in [0.2, 0.25) is 5.02 Å². The number of fused-ring (bicyclic) bond motifs is 1. The summed E-state index contributed by atoms with van der Waals surface area (Å²) in [6.07, 6.45) is 0. The van der Waals surface area contributed by atoms with Gasteiger partial charge in [-0.15, -0.1) is 0 Å². The normalized spacial score (nSPS) is 13.9. The van der Waals surface area contributed by atoms with Crippen molar-refractivity contribution in [2.24, 2.45) is 4.99 Å². The van der Waals surface area contributed by atoms with Gasteiger partial charge in [-0.25, -0.2) is 4.99 Å². The van der Waals surface area contributed by atoms with Gasteiger partial charge in [0.15, 0.2) is 5.78 Å². The summed E-state index contributed by atoms with van der Waals surface area (Å²) < 4.78 is 0. The molecule has 4 rings (SSSR count). The van der Waals surface area contributed by atoms with Gasteiger partial charge >= 0.3 is 0 Å². The van der Waals surface area contributed by atoms with Crippen LogP contribution in [0.1, 0.15) is 21.5 Å². The number of aliphatic hydroxyl groups is 1. The number of nitrogens with zero attached hydrogens (tertiary/aromatic N) is 1. The fourth-order valence-electron chi connectivity index (χ4n) is 3.01. The third kappa shape index (κ3) is 2.72. The maximum Gasteiger partial charge on any atom is 0.199 e.